The van der Waals surface area contributed by atoms with Gasteiger partial charge in [-0.1, -0.05) is 11.8 Å². The van der Waals surface area contributed by atoms with E-state index < -0.39 is 18.0 Å². The topological polar surface area (TPSA) is 121 Å². The molecule has 2 N–H and O–H groups in total. The predicted octanol–water partition coefficient (Wildman–Crippen LogP) is -0.490. The van der Waals surface area contributed by atoms with Gasteiger partial charge in [0.05, 0.1) is 12.0 Å². The molecule has 0 unspecified atom stereocenters. The molecule has 1 amide bonds. The molecule has 118 valence electrons. The fourth-order valence-corrected chi connectivity index (χ4v) is 4.99. The van der Waals surface area contributed by atoms with Crippen LogP contribution in [0.25, 0.3) is 0 Å². The molecule has 9 nitrogen and oxygen atoms in total. The van der Waals surface area contributed by atoms with Gasteiger partial charge in [-0.25, -0.2) is 9.48 Å². The van der Waals surface area contributed by atoms with E-state index in [0.717, 1.165) is 0 Å². The van der Waals surface area contributed by atoms with Gasteiger partial charge in [-0.3, -0.25) is 9.69 Å². The third-order valence-corrected chi connectivity index (χ3v) is 6.08. The number of aromatic nitrogens is 4. The summed E-state index contributed by atoms with van der Waals surface area (Å²) in [6.07, 6.45) is -0.800. The van der Waals surface area contributed by atoms with Gasteiger partial charge in [0.25, 0.3) is 0 Å². The highest BCUT2D eigenvalue weighted by Crippen LogP contribution is 2.51. The Morgan fingerprint density at radius 2 is 2.27 bits per heavy atom. The number of carboxylic acid groups (broad SMARTS) is 1. The molecule has 1 aromatic heterocycles. The highest BCUT2D eigenvalue weighted by Gasteiger charge is 2.57. The Hall–Kier alpha value is -1.59. The number of aliphatic hydroxyl groups excluding tert-OH is 1. The number of tetrazole rings is 1. The Bertz CT molecular complexity index is 673. The number of carbonyl (C=O) groups is 2. The first-order chi connectivity index (χ1) is 10.4. The van der Waals surface area contributed by atoms with Gasteiger partial charge >= 0.3 is 5.97 Å². The average molecular weight is 343 g/mol. The second kappa shape index (κ2) is 5.56. The number of aliphatic hydroxyl groups is 1. The molecule has 3 rings (SSSR count). The lowest BCUT2D eigenvalue weighted by Crippen LogP contribution is -2.60. The van der Waals surface area contributed by atoms with Gasteiger partial charge in [0, 0.05) is 17.7 Å². The maximum atomic E-state index is 12.0. The largest absolute Gasteiger partial charge is 0.477 e. The standard InChI is InChI=1S/C11H13N5O4S2/c1-4(17)6-8(18)16-7(10(19)20)5(22-9(6)16)3-21-11-12-13-14-15(11)2/h4,6,9,17H,3H2,1-2H3,(H,19,20)/t4-,6+,9+/m0/s1. The van der Waals surface area contributed by atoms with Crippen LogP contribution >= 0.6 is 23.5 Å². The lowest BCUT2D eigenvalue weighted by Gasteiger charge is -2.43. The third-order valence-electron chi connectivity index (χ3n) is 3.49. The van der Waals surface area contributed by atoms with E-state index in [4.69, 9.17) is 0 Å². The second-order valence-corrected chi connectivity index (χ2v) is 7.09. The molecule has 1 fully saturated rings. The molecule has 0 bridgehead atoms. The molecule has 3 atom stereocenters. The normalized spacial score (nSPS) is 25.2. The number of aliphatic carboxylic acids is 1. The quantitative estimate of drug-likeness (QED) is 0.538. The minimum absolute atomic E-state index is 0.000437. The highest BCUT2D eigenvalue weighted by atomic mass is 32.2. The molecule has 0 spiro atoms. The van der Waals surface area contributed by atoms with Crippen molar-refractivity contribution >= 4 is 35.4 Å². The van der Waals surface area contributed by atoms with Crippen LogP contribution in [0.15, 0.2) is 15.8 Å². The van der Waals surface area contributed by atoms with Crippen LogP contribution in [0.1, 0.15) is 6.92 Å². The van der Waals surface area contributed by atoms with E-state index in [0.29, 0.717) is 15.8 Å². The Balaban J connectivity index is 1.80. The summed E-state index contributed by atoms with van der Waals surface area (Å²) in [6, 6.07) is 0. The number of amides is 1. The SMILES string of the molecule is C[C@H](O)[C@@H]1C(=O)N2C(C(=O)O)=C(CSc3nnnn3C)S[C@H]12. The lowest BCUT2D eigenvalue weighted by molar-refractivity contribution is -0.156. The monoisotopic (exact) mass is 343 g/mol. The summed E-state index contributed by atoms with van der Waals surface area (Å²) in [5, 5.41) is 30.3. The summed E-state index contributed by atoms with van der Waals surface area (Å²) in [6.45, 7) is 1.54. The van der Waals surface area contributed by atoms with Crippen LogP contribution < -0.4 is 0 Å². The van der Waals surface area contributed by atoms with Crippen LogP contribution in [0.2, 0.25) is 0 Å². The van der Waals surface area contributed by atoms with Gasteiger partial charge in [-0.05, 0) is 17.4 Å². The number of thioether (sulfide) groups is 2. The zero-order chi connectivity index (χ0) is 16.0. The van der Waals surface area contributed by atoms with Crippen molar-refractivity contribution in [3.8, 4) is 0 Å². The number of fused-ring (bicyclic) bond motifs is 1. The molecule has 11 heteroatoms. The van der Waals surface area contributed by atoms with E-state index in [-0.39, 0.29) is 17.0 Å². The number of hydrogen-bond acceptors (Lipinski definition) is 8. The number of nitrogens with zero attached hydrogens (tertiary/aromatic N) is 5. The van der Waals surface area contributed by atoms with Crippen molar-refractivity contribution in [1.29, 1.82) is 0 Å². The van der Waals surface area contributed by atoms with E-state index >= 15 is 0 Å². The fourth-order valence-electron chi connectivity index (χ4n) is 2.43. The van der Waals surface area contributed by atoms with Crippen LogP contribution in [-0.4, -0.2) is 64.4 Å². The molecule has 3 heterocycles. The van der Waals surface area contributed by atoms with Crippen molar-refractivity contribution in [2.45, 2.75) is 23.6 Å². The van der Waals surface area contributed by atoms with Gasteiger partial charge in [0.1, 0.15) is 11.1 Å². The molecule has 1 saturated heterocycles. The van der Waals surface area contributed by atoms with Crippen molar-refractivity contribution in [2.75, 3.05) is 5.75 Å². The molecular weight excluding hydrogens is 330 g/mol. The zero-order valence-electron chi connectivity index (χ0n) is 11.7. The fraction of sp³-hybridized carbons (Fsp3) is 0.545. The summed E-state index contributed by atoms with van der Waals surface area (Å²) in [7, 11) is 1.69. The summed E-state index contributed by atoms with van der Waals surface area (Å²) >= 11 is 2.61. The number of carboxylic acids is 1. The van der Waals surface area contributed by atoms with Gasteiger partial charge in [0.2, 0.25) is 11.1 Å². The second-order valence-electron chi connectivity index (χ2n) is 4.93. The molecule has 2 aliphatic rings. The van der Waals surface area contributed by atoms with Crippen LogP contribution in [0.5, 0.6) is 0 Å². The summed E-state index contributed by atoms with van der Waals surface area (Å²) in [5.41, 5.74) is -0.000437. The van der Waals surface area contributed by atoms with E-state index in [1.165, 1.54) is 33.1 Å². The Morgan fingerprint density at radius 1 is 1.55 bits per heavy atom. The predicted molar refractivity (Wildman–Crippen MR) is 77.6 cm³/mol. The Labute approximate surface area is 133 Å². The van der Waals surface area contributed by atoms with Gasteiger partial charge in [-0.15, -0.1) is 16.9 Å². The van der Waals surface area contributed by atoms with E-state index in [2.05, 4.69) is 15.5 Å². The van der Waals surface area contributed by atoms with Crippen molar-refractivity contribution in [3.05, 3.63) is 10.6 Å². The van der Waals surface area contributed by atoms with Crippen molar-refractivity contribution in [1.82, 2.24) is 25.1 Å². The number of carbonyl (C=O) groups excluding carboxylic acids is 1. The van der Waals surface area contributed by atoms with Crippen LogP contribution in [0.3, 0.4) is 0 Å². The van der Waals surface area contributed by atoms with Crippen molar-refractivity contribution in [2.24, 2.45) is 13.0 Å². The molecule has 2 aliphatic heterocycles. The first kappa shape index (κ1) is 15.3. The highest BCUT2D eigenvalue weighted by molar-refractivity contribution is 8.06. The van der Waals surface area contributed by atoms with Crippen molar-refractivity contribution in [3.63, 3.8) is 0 Å². The number of hydrogen-bond donors (Lipinski definition) is 2. The smallest absolute Gasteiger partial charge is 0.353 e. The summed E-state index contributed by atoms with van der Waals surface area (Å²) in [5.74, 6) is -1.68. The van der Waals surface area contributed by atoms with E-state index in [1.54, 1.807) is 14.0 Å². The van der Waals surface area contributed by atoms with Crippen LogP contribution in [-0.2, 0) is 16.6 Å². The number of β-lactam (4-membered cyclic amide) rings is 1. The summed E-state index contributed by atoms with van der Waals surface area (Å²) < 4.78 is 1.49. The minimum Gasteiger partial charge on any atom is -0.477 e. The number of aryl methyl sites for hydroxylation is 1. The van der Waals surface area contributed by atoms with E-state index in [9.17, 15) is 19.8 Å². The Kier molecular flexibility index (Phi) is 3.87. The first-order valence-corrected chi connectivity index (χ1v) is 8.27. The van der Waals surface area contributed by atoms with Gasteiger partial charge in [-0.2, -0.15) is 0 Å². The molecule has 0 radical (unpaired) electrons. The molecule has 1 aromatic rings. The zero-order valence-corrected chi connectivity index (χ0v) is 13.3. The van der Waals surface area contributed by atoms with Gasteiger partial charge < -0.3 is 10.2 Å². The van der Waals surface area contributed by atoms with Crippen LogP contribution in [0, 0.1) is 5.92 Å². The minimum atomic E-state index is -1.14. The van der Waals surface area contributed by atoms with Gasteiger partial charge in [0.15, 0.2) is 0 Å². The van der Waals surface area contributed by atoms with Crippen LogP contribution in [0.4, 0.5) is 0 Å². The first-order valence-electron chi connectivity index (χ1n) is 6.41. The third kappa shape index (κ3) is 2.29. The molecule has 0 aliphatic carbocycles. The number of rotatable bonds is 5. The van der Waals surface area contributed by atoms with Crippen molar-refractivity contribution < 1.29 is 19.8 Å². The average Bonchev–Trinajstić information content (AvgIpc) is 2.97. The molecule has 0 aromatic carbocycles. The summed E-state index contributed by atoms with van der Waals surface area (Å²) in [4.78, 5) is 25.4. The maximum Gasteiger partial charge on any atom is 0.353 e. The molecular formula is C11H13N5O4S2. The van der Waals surface area contributed by atoms with E-state index in [1.807, 2.05) is 0 Å². The molecule has 22 heavy (non-hydrogen) atoms. The molecule has 0 saturated carbocycles. The Morgan fingerprint density at radius 3 is 2.82 bits per heavy atom. The maximum absolute atomic E-state index is 12.0. The lowest BCUT2D eigenvalue weighted by atomic mass is 9.92.